The van der Waals surface area contributed by atoms with Gasteiger partial charge in [0.25, 0.3) is 0 Å². The minimum absolute atomic E-state index is 0.0660. The monoisotopic (exact) mass is 424 g/mol. The lowest BCUT2D eigenvalue weighted by atomic mass is 9.65. The SMILES string of the molecule is CC1(c2ccccc2)CC(C)(C)N(C(=O)CSc2nnc(N)s2)c2ccccc21. The van der Waals surface area contributed by atoms with Crippen LogP contribution >= 0.6 is 23.1 Å². The minimum Gasteiger partial charge on any atom is -0.374 e. The zero-order chi connectivity index (χ0) is 20.6. The van der Waals surface area contributed by atoms with Gasteiger partial charge in [0.2, 0.25) is 11.0 Å². The average molecular weight is 425 g/mol. The number of anilines is 2. The quantitative estimate of drug-likeness (QED) is 0.613. The lowest BCUT2D eigenvalue weighted by Crippen LogP contribution is -2.56. The van der Waals surface area contributed by atoms with Gasteiger partial charge in [0.05, 0.1) is 5.75 Å². The van der Waals surface area contributed by atoms with Crippen LogP contribution in [0.3, 0.4) is 0 Å². The number of amides is 1. The number of nitrogens with two attached hydrogens (primary N) is 1. The summed E-state index contributed by atoms with van der Waals surface area (Å²) in [4.78, 5) is 15.3. The number of nitrogen functional groups attached to an aromatic ring is 1. The van der Waals surface area contributed by atoms with E-state index in [1.54, 1.807) is 0 Å². The molecular formula is C22H24N4OS2. The smallest absolute Gasteiger partial charge is 0.237 e. The van der Waals surface area contributed by atoms with E-state index in [4.69, 9.17) is 5.73 Å². The number of nitrogens with zero attached hydrogens (tertiary/aromatic N) is 3. The van der Waals surface area contributed by atoms with Gasteiger partial charge in [0.1, 0.15) is 0 Å². The van der Waals surface area contributed by atoms with E-state index in [1.165, 1.54) is 34.2 Å². The van der Waals surface area contributed by atoms with Crippen molar-refractivity contribution in [2.24, 2.45) is 0 Å². The highest BCUT2D eigenvalue weighted by molar-refractivity contribution is 8.01. The van der Waals surface area contributed by atoms with Gasteiger partial charge >= 0.3 is 0 Å². The Hall–Kier alpha value is -2.38. The highest BCUT2D eigenvalue weighted by atomic mass is 32.2. The second kappa shape index (κ2) is 7.46. The van der Waals surface area contributed by atoms with Crippen LogP contribution in [0.5, 0.6) is 0 Å². The predicted octanol–water partition coefficient (Wildman–Crippen LogP) is 4.73. The molecule has 5 nitrogen and oxygen atoms in total. The minimum atomic E-state index is -0.337. The molecule has 4 rings (SSSR count). The van der Waals surface area contributed by atoms with Gasteiger partial charge in [0.15, 0.2) is 4.34 Å². The molecule has 0 saturated heterocycles. The van der Waals surface area contributed by atoms with Crippen LogP contribution in [0, 0.1) is 0 Å². The van der Waals surface area contributed by atoms with Crippen molar-refractivity contribution in [1.82, 2.24) is 10.2 Å². The number of fused-ring (bicyclic) bond motifs is 1. The van der Waals surface area contributed by atoms with Crippen LogP contribution in [0.1, 0.15) is 38.3 Å². The van der Waals surface area contributed by atoms with Gasteiger partial charge in [0, 0.05) is 16.6 Å². The topological polar surface area (TPSA) is 72.1 Å². The molecule has 0 saturated carbocycles. The Morgan fingerprint density at radius 2 is 1.79 bits per heavy atom. The summed E-state index contributed by atoms with van der Waals surface area (Å²) < 4.78 is 0.716. The number of para-hydroxylation sites is 1. The molecule has 7 heteroatoms. The molecule has 3 aromatic rings. The van der Waals surface area contributed by atoms with E-state index in [0.717, 1.165) is 12.1 Å². The fraction of sp³-hybridized carbons (Fsp3) is 0.318. The zero-order valence-electron chi connectivity index (χ0n) is 16.8. The predicted molar refractivity (Wildman–Crippen MR) is 121 cm³/mol. The molecule has 29 heavy (non-hydrogen) atoms. The standard InChI is InChI=1S/C22H24N4OS2/c1-21(2)14-22(3,15-9-5-4-6-10-15)16-11-7-8-12-17(16)26(21)18(27)13-28-20-25-24-19(23)29-20/h4-12H,13-14H2,1-3H3,(H2,23,24). The number of carbonyl (C=O) groups is 1. The molecule has 0 bridgehead atoms. The van der Waals surface area contributed by atoms with E-state index in [1.807, 2.05) is 17.0 Å². The number of thioether (sulfide) groups is 1. The zero-order valence-corrected chi connectivity index (χ0v) is 18.4. The van der Waals surface area contributed by atoms with E-state index < -0.39 is 0 Å². The van der Waals surface area contributed by atoms with Crippen LogP contribution < -0.4 is 10.6 Å². The first kappa shape index (κ1) is 19.9. The van der Waals surface area contributed by atoms with Gasteiger partial charge in [-0.2, -0.15) is 0 Å². The highest BCUT2D eigenvalue weighted by Crippen LogP contribution is 2.50. The van der Waals surface area contributed by atoms with Crippen LogP contribution in [0.15, 0.2) is 58.9 Å². The van der Waals surface area contributed by atoms with Crippen molar-refractivity contribution < 1.29 is 4.79 Å². The van der Waals surface area contributed by atoms with Crippen LogP contribution in [0.4, 0.5) is 10.8 Å². The van der Waals surface area contributed by atoms with Crippen molar-refractivity contribution in [3.8, 4) is 0 Å². The first-order valence-electron chi connectivity index (χ1n) is 9.51. The highest BCUT2D eigenvalue weighted by Gasteiger charge is 2.47. The second-order valence-electron chi connectivity index (χ2n) is 8.13. The van der Waals surface area contributed by atoms with Crippen LogP contribution in [-0.4, -0.2) is 27.4 Å². The van der Waals surface area contributed by atoms with E-state index >= 15 is 0 Å². The van der Waals surface area contributed by atoms with E-state index in [2.05, 4.69) is 73.4 Å². The maximum Gasteiger partial charge on any atom is 0.237 e. The maximum atomic E-state index is 13.3. The summed E-state index contributed by atoms with van der Waals surface area (Å²) in [6.45, 7) is 6.58. The van der Waals surface area contributed by atoms with Crippen molar-refractivity contribution in [2.45, 2.75) is 42.5 Å². The van der Waals surface area contributed by atoms with E-state index in [-0.39, 0.29) is 16.9 Å². The van der Waals surface area contributed by atoms with Gasteiger partial charge in [-0.3, -0.25) is 4.79 Å². The Kier molecular flexibility index (Phi) is 5.12. The average Bonchev–Trinajstić information content (AvgIpc) is 3.11. The van der Waals surface area contributed by atoms with Crippen molar-refractivity contribution in [3.05, 3.63) is 65.7 Å². The fourth-order valence-corrected chi connectivity index (χ4v) is 5.99. The first-order chi connectivity index (χ1) is 13.8. The molecule has 1 aromatic heterocycles. The van der Waals surface area contributed by atoms with Crippen molar-refractivity contribution in [2.75, 3.05) is 16.4 Å². The van der Waals surface area contributed by atoms with Gasteiger partial charge in [-0.1, -0.05) is 78.6 Å². The summed E-state index contributed by atoms with van der Waals surface area (Å²) in [5.74, 6) is 0.366. The first-order valence-corrected chi connectivity index (χ1v) is 11.3. The number of hydrogen-bond donors (Lipinski definition) is 1. The normalized spacial score (nSPS) is 20.3. The molecule has 0 radical (unpaired) electrons. The molecule has 1 aliphatic rings. The molecule has 2 heterocycles. The Labute approximate surface area is 179 Å². The van der Waals surface area contributed by atoms with Crippen LogP contribution in [-0.2, 0) is 10.2 Å². The lowest BCUT2D eigenvalue weighted by Gasteiger charge is -2.51. The van der Waals surface area contributed by atoms with Crippen LogP contribution in [0.25, 0.3) is 0 Å². The molecule has 1 amide bonds. The fourth-order valence-electron chi connectivity index (χ4n) is 4.50. The van der Waals surface area contributed by atoms with E-state index in [9.17, 15) is 4.79 Å². The Bertz CT molecular complexity index is 1030. The second-order valence-corrected chi connectivity index (χ2v) is 10.4. The number of carbonyl (C=O) groups excluding carboxylic acids is 1. The Morgan fingerprint density at radius 3 is 2.48 bits per heavy atom. The Balaban J connectivity index is 1.71. The third kappa shape index (κ3) is 3.65. The molecule has 1 unspecified atom stereocenters. The van der Waals surface area contributed by atoms with Crippen molar-refractivity contribution >= 4 is 39.8 Å². The molecule has 150 valence electrons. The summed E-state index contributed by atoms with van der Waals surface area (Å²) >= 11 is 2.70. The lowest BCUT2D eigenvalue weighted by molar-refractivity contribution is -0.117. The summed E-state index contributed by atoms with van der Waals surface area (Å²) in [7, 11) is 0. The summed E-state index contributed by atoms with van der Waals surface area (Å²) in [6.07, 6.45) is 0.836. The van der Waals surface area contributed by atoms with Gasteiger partial charge in [-0.15, -0.1) is 10.2 Å². The largest absolute Gasteiger partial charge is 0.374 e. The third-order valence-electron chi connectivity index (χ3n) is 5.53. The number of hydrogen-bond acceptors (Lipinski definition) is 6. The maximum absolute atomic E-state index is 13.3. The van der Waals surface area contributed by atoms with Crippen LogP contribution in [0.2, 0.25) is 0 Å². The van der Waals surface area contributed by atoms with Gasteiger partial charge < -0.3 is 10.6 Å². The summed E-state index contributed by atoms with van der Waals surface area (Å²) in [5.41, 5.74) is 8.59. The van der Waals surface area contributed by atoms with Gasteiger partial charge in [-0.05, 0) is 37.5 Å². The van der Waals surface area contributed by atoms with Crippen molar-refractivity contribution in [3.63, 3.8) is 0 Å². The molecule has 0 spiro atoms. The molecule has 2 aromatic carbocycles. The van der Waals surface area contributed by atoms with Crippen molar-refractivity contribution in [1.29, 1.82) is 0 Å². The molecular weight excluding hydrogens is 400 g/mol. The summed E-state index contributed by atoms with van der Waals surface area (Å²) in [5, 5.41) is 8.26. The molecule has 1 atom stereocenters. The molecule has 0 fully saturated rings. The van der Waals surface area contributed by atoms with E-state index in [0.29, 0.717) is 15.2 Å². The molecule has 0 aliphatic carbocycles. The number of benzene rings is 2. The number of rotatable bonds is 4. The Morgan fingerprint density at radius 1 is 1.10 bits per heavy atom. The molecule has 1 aliphatic heterocycles. The van der Waals surface area contributed by atoms with Gasteiger partial charge in [-0.25, -0.2) is 0 Å². The molecule has 2 N–H and O–H groups in total. The number of aromatic nitrogens is 2. The summed E-state index contributed by atoms with van der Waals surface area (Å²) in [6, 6.07) is 18.8. The third-order valence-corrected chi connectivity index (χ3v) is 7.40.